The summed E-state index contributed by atoms with van der Waals surface area (Å²) in [6.45, 7) is 0. The average Bonchev–Trinajstić information content (AvgIpc) is 3.22. The molecule has 1 atom stereocenters. The van der Waals surface area contributed by atoms with Gasteiger partial charge in [-0.05, 0) is 42.0 Å². The zero-order chi connectivity index (χ0) is 25.4. The molecule has 2 aliphatic heterocycles. The van der Waals surface area contributed by atoms with Crippen molar-refractivity contribution in [2.75, 3.05) is 21.3 Å². The summed E-state index contributed by atoms with van der Waals surface area (Å²) in [5.41, 5.74) is 2.75. The van der Waals surface area contributed by atoms with Crippen LogP contribution in [0.25, 0.3) is 6.08 Å². The molecule has 0 radical (unpaired) electrons. The number of hydrogen-bond donors (Lipinski definition) is 0. The van der Waals surface area contributed by atoms with Crippen LogP contribution < -0.4 is 18.9 Å². The second-order valence-electron chi connectivity index (χ2n) is 8.22. The number of esters is 2. The minimum Gasteiger partial charge on any atom is -0.493 e. The largest absolute Gasteiger partial charge is 0.493 e. The van der Waals surface area contributed by atoms with Crippen LogP contribution >= 0.6 is 0 Å². The van der Waals surface area contributed by atoms with Crippen LogP contribution in [0.3, 0.4) is 0 Å². The molecular weight excluding hydrogens is 464 g/mol. The minimum atomic E-state index is -0.479. The van der Waals surface area contributed by atoms with Crippen LogP contribution in [-0.2, 0) is 9.53 Å². The van der Waals surface area contributed by atoms with Crippen molar-refractivity contribution >= 4 is 23.8 Å². The van der Waals surface area contributed by atoms with E-state index in [1.807, 2.05) is 12.1 Å². The summed E-state index contributed by atoms with van der Waals surface area (Å²) in [4.78, 5) is 37.4. The lowest BCUT2D eigenvalue weighted by molar-refractivity contribution is -0.135. The first-order valence-electron chi connectivity index (χ1n) is 11.2. The molecule has 0 aliphatic carbocycles. The van der Waals surface area contributed by atoms with Crippen molar-refractivity contribution in [2.45, 2.75) is 12.3 Å². The van der Waals surface area contributed by atoms with E-state index in [0.717, 1.165) is 5.56 Å². The number of ketones is 1. The number of allylic oxidation sites excluding steroid dienone is 1. The van der Waals surface area contributed by atoms with Crippen LogP contribution in [0.2, 0.25) is 0 Å². The SMILES string of the molecule is COC(=O)c1ccc(/C=C2\Oc3c(ccc4c3[C@H](c3cccc(OC)c3OC)CC(=O)O4)C2=O)cc1. The fraction of sp³-hybridized carbons (Fsp3) is 0.179. The number of carbonyl (C=O) groups is 3. The molecule has 0 saturated heterocycles. The Labute approximate surface area is 207 Å². The fourth-order valence-corrected chi connectivity index (χ4v) is 4.54. The summed E-state index contributed by atoms with van der Waals surface area (Å²) in [6.07, 6.45) is 1.64. The quantitative estimate of drug-likeness (QED) is 0.294. The molecule has 0 unspecified atom stereocenters. The van der Waals surface area contributed by atoms with E-state index < -0.39 is 17.9 Å². The normalized spacial score (nSPS) is 17.1. The Bertz CT molecular complexity index is 1420. The van der Waals surface area contributed by atoms with Crippen molar-refractivity contribution in [3.8, 4) is 23.0 Å². The van der Waals surface area contributed by atoms with Crippen molar-refractivity contribution in [2.24, 2.45) is 0 Å². The molecule has 0 fully saturated rings. The molecule has 36 heavy (non-hydrogen) atoms. The molecule has 0 N–H and O–H groups in total. The van der Waals surface area contributed by atoms with Crippen molar-refractivity contribution in [1.82, 2.24) is 0 Å². The highest BCUT2D eigenvalue weighted by molar-refractivity contribution is 6.15. The molecule has 8 heteroatoms. The van der Waals surface area contributed by atoms with Gasteiger partial charge in [0, 0.05) is 17.0 Å². The Balaban J connectivity index is 1.58. The van der Waals surface area contributed by atoms with Gasteiger partial charge in [0.1, 0.15) is 11.5 Å². The molecule has 3 aromatic rings. The molecule has 0 saturated carbocycles. The third-order valence-electron chi connectivity index (χ3n) is 6.22. The summed E-state index contributed by atoms with van der Waals surface area (Å²) in [7, 11) is 4.39. The summed E-state index contributed by atoms with van der Waals surface area (Å²) < 4.78 is 27.4. The standard InChI is InChI=1S/C28H22O8/c1-32-21-6-4-5-17(26(21)33-2)19-14-23(29)35-20-12-11-18-25(30)22(36-27(18)24(19)20)13-15-7-9-16(10-8-15)28(31)34-3/h4-13,19H,14H2,1-3H3/b22-13-/t19-/m0/s1. The summed E-state index contributed by atoms with van der Waals surface area (Å²) in [5.74, 6) is 0.195. The van der Waals surface area contributed by atoms with E-state index in [-0.39, 0.29) is 18.0 Å². The second-order valence-corrected chi connectivity index (χ2v) is 8.22. The second kappa shape index (κ2) is 9.22. The van der Waals surface area contributed by atoms with Crippen LogP contribution in [0.4, 0.5) is 0 Å². The van der Waals surface area contributed by atoms with Gasteiger partial charge in [-0.25, -0.2) is 4.79 Å². The van der Waals surface area contributed by atoms with Gasteiger partial charge in [0.15, 0.2) is 17.3 Å². The molecule has 0 spiro atoms. The Morgan fingerprint density at radius 1 is 0.944 bits per heavy atom. The van der Waals surface area contributed by atoms with Gasteiger partial charge in [-0.1, -0.05) is 24.3 Å². The number of carbonyl (C=O) groups excluding carboxylic acids is 3. The topological polar surface area (TPSA) is 97.4 Å². The van der Waals surface area contributed by atoms with Crippen molar-refractivity contribution in [3.63, 3.8) is 0 Å². The van der Waals surface area contributed by atoms with Gasteiger partial charge >= 0.3 is 11.9 Å². The number of methoxy groups -OCH3 is 3. The Morgan fingerprint density at radius 3 is 2.42 bits per heavy atom. The van der Waals surface area contributed by atoms with Crippen LogP contribution in [0, 0.1) is 0 Å². The smallest absolute Gasteiger partial charge is 0.337 e. The highest BCUT2D eigenvalue weighted by Gasteiger charge is 2.39. The minimum absolute atomic E-state index is 0.0402. The van der Waals surface area contributed by atoms with Crippen LogP contribution in [0.1, 0.15) is 49.7 Å². The lowest BCUT2D eigenvalue weighted by Gasteiger charge is -2.27. The summed E-state index contributed by atoms with van der Waals surface area (Å²) >= 11 is 0. The molecule has 2 aliphatic rings. The third-order valence-corrected chi connectivity index (χ3v) is 6.22. The van der Waals surface area contributed by atoms with Crippen LogP contribution in [0.5, 0.6) is 23.0 Å². The van der Waals surface area contributed by atoms with Crippen molar-refractivity contribution in [3.05, 3.63) is 88.2 Å². The lowest BCUT2D eigenvalue weighted by Crippen LogP contribution is -2.22. The first-order valence-corrected chi connectivity index (χ1v) is 11.2. The summed E-state index contributed by atoms with van der Waals surface area (Å²) in [5, 5.41) is 0. The Hall–Kier alpha value is -4.59. The number of benzene rings is 3. The summed E-state index contributed by atoms with van der Waals surface area (Å²) in [6, 6.07) is 15.2. The lowest BCUT2D eigenvalue weighted by atomic mass is 9.84. The molecule has 2 heterocycles. The van der Waals surface area contributed by atoms with Crippen molar-refractivity contribution in [1.29, 1.82) is 0 Å². The van der Waals surface area contributed by atoms with Crippen molar-refractivity contribution < 1.29 is 38.1 Å². The predicted octanol–water partition coefficient (Wildman–Crippen LogP) is 4.55. The van der Waals surface area contributed by atoms with E-state index in [4.69, 9.17) is 23.7 Å². The number of ether oxygens (including phenoxy) is 5. The Morgan fingerprint density at radius 2 is 1.72 bits per heavy atom. The fourth-order valence-electron chi connectivity index (χ4n) is 4.54. The maximum atomic E-state index is 13.2. The zero-order valence-corrected chi connectivity index (χ0v) is 19.8. The molecule has 0 bridgehead atoms. The van der Waals surface area contributed by atoms with Gasteiger partial charge in [0.2, 0.25) is 5.78 Å². The third kappa shape index (κ3) is 3.86. The van der Waals surface area contributed by atoms with E-state index in [0.29, 0.717) is 45.3 Å². The average molecular weight is 486 g/mol. The number of para-hydroxylation sites is 1. The van der Waals surface area contributed by atoms with Gasteiger partial charge in [-0.3, -0.25) is 9.59 Å². The van der Waals surface area contributed by atoms with Crippen LogP contribution in [0.15, 0.2) is 60.4 Å². The molecule has 8 nitrogen and oxygen atoms in total. The molecule has 5 rings (SSSR count). The molecule has 182 valence electrons. The van der Waals surface area contributed by atoms with Gasteiger partial charge in [-0.2, -0.15) is 0 Å². The highest BCUT2D eigenvalue weighted by atomic mass is 16.5. The van der Waals surface area contributed by atoms with E-state index in [9.17, 15) is 14.4 Å². The van der Waals surface area contributed by atoms with E-state index in [1.165, 1.54) is 14.2 Å². The first-order chi connectivity index (χ1) is 17.4. The first kappa shape index (κ1) is 23.2. The van der Waals surface area contributed by atoms with Gasteiger partial charge in [0.25, 0.3) is 0 Å². The molecule has 3 aromatic carbocycles. The van der Waals surface area contributed by atoms with Crippen LogP contribution in [-0.4, -0.2) is 39.1 Å². The molecular formula is C28H22O8. The Kier molecular flexibility index (Phi) is 5.93. The predicted molar refractivity (Wildman–Crippen MR) is 129 cm³/mol. The monoisotopic (exact) mass is 486 g/mol. The van der Waals surface area contributed by atoms with Gasteiger partial charge in [0.05, 0.1) is 38.9 Å². The number of Topliss-reactive ketones (excluding diaryl/α,β-unsaturated/α-hetero) is 1. The number of hydrogen-bond acceptors (Lipinski definition) is 8. The van der Waals surface area contributed by atoms with Gasteiger partial charge < -0.3 is 23.7 Å². The molecule has 0 amide bonds. The number of fused-ring (bicyclic) bond motifs is 3. The maximum Gasteiger partial charge on any atom is 0.337 e. The van der Waals surface area contributed by atoms with Gasteiger partial charge in [-0.15, -0.1) is 0 Å². The number of rotatable bonds is 5. The zero-order valence-electron chi connectivity index (χ0n) is 19.8. The molecule has 0 aromatic heterocycles. The van der Waals surface area contributed by atoms with E-state index in [1.54, 1.807) is 55.7 Å². The van der Waals surface area contributed by atoms with E-state index in [2.05, 4.69) is 0 Å². The van der Waals surface area contributed by atoms with E-state index >= 15 is 0 Å². The maximum absolute atomic E-state index is 13.2. The highest BCUT2D eigenvalue weighted by Crippen LogP contribution is 2.51.